The number of carbonyl (C=O) groups excluding carboxylic acids is 1. The van der Waals surface area contributed by atoms with E-state index in [4.69, 9.17) is 16.3 Å². The van der Waals surface area contributed by atoms with Gasteiger partial charge < -0.3 is 14.6 Å². The van der Waals surface area contributed by atoms with Crippen LogP contribution >= 0.6 is 11.6 Å². The smallest absolute Gasteiger partial charge is 0.226 e. The van der Waals surface area contributed by atoms with E-state index in [1.54, 1.807) is 18.6 Å². The van der Waals surface area contributed by atoms with Crippen LogP contribution < -0.4 is 10.1 Å². The van der Waals surface area contributed by atoms with Crippen LogP contribution in [0.3, 0.4) is 0 Å². The third-order valence-corrected chi connectivity index (χ3v) is 3.76. The monoisotopic (exact) mass is 305 g/mol. The molecule has 0 unspecified atom stereocenters. The topological polar surface area (TPSA) is 56.2 Å². The van der Waals surface area contributed by atoms with Gasteiger partial charge in [-0.1, -0.05) is 11.6 Å². The lowest BCUT2D eigenvalue weighted by atomic mass is 9.96. The van der Waals surface area contributed by atoms with Crippen molar-refractivity contribution in [2.75, 3.05) is 13.2 Å². The second-order valence-electron chi connectivity index (χ2n) is 5.06. The minimum Gasteiger partial charge on any atom is -0.492 e. The average molecular weight is 306 g/mol. The normalized spacial score (nSPS) is 16.9. The van der Waals surface area contributed by atoms with E-state index in [1.165, 1.54) is 0 Å². The van der Waals surface area contributed by atoms with Crippen LogP contribution in [0.25, 0.3) is 0 Å². The Hall–Kier alpha value is -2.01. The fourth-order valence-electron chi connectivity index (χ4n) is 2.40. The average Bonchev–Trinajstić information content (AvgIpc) is 2.99. The maximum Gasteiger partial charge on any atom is 0.226 e. The number of carbonyl (C=O) groups is 1. The van der Waals surface area contributed by atoms with Crippen molar-refractivity contribution in [3.63, 3.8) is 0 Å². The van der Waals surface area contributed by atoms with Gasteiger partial charge in [-0.25, -0.2) is 4.98 Å². The van der Waals surface area contributed by atoms with Crippen molar-refractivity contribution in [1.82, 2.24) is 14.9 Å². The molecular weight excluding hydrogens is 290 g/mol. The Labute approximate surface area is 127 Å². The Morgan fingerprint density at radius 2 is 2.43 bits per heavy atom. The van der Waals surface area contributed by atoms with Crippen LogP contribution in [0.4, 0.5) is 0 Å². The second-order valence-corrected chi connectivity index (χ2v) is 5.49. The molecule has 2 heterocycles. The molecule has 1 amide bonds. The lowest BCUT2D eigenvalue weighted by molar-refractivity contribution is -0.126. The Kier molecular flexibility index (Phi) is 4.10. The van der Waals surface area contributed by atoms with E-state index < -0.39 is 0 Å². The number of ether oxygens (including phenoxy) is 1. The van der Waals surface area contributed by atoms with Crippen molar-refractivity contribution in [2.24, 2.45) is 5.92 Å². The van der Waals surface area contributed by atoms with E-state index in [0.717, 1.165) is 11.3 Å². The SMILES string of the molecule is O=C(NCCn1ccnc1)[C@@H]1COc2ccc(Cl)cc2C1. The fraction of sp³-hybridized carbons (Fsp3) is 0.333. The van der Waals surface area contributed by atoms with Gasteiger partial charge in [0.05, 0.1) is 12.2 Å². The van der Waals surface area contributed by atoms with Gasteiger partial charge >= 0.3 is 0 Å². The van der Waals surface area contributed by atoms with Crippen molar-refractivity contribution in [1.29, 1.82) is 0 Å². The first-order chi connectivity index (χ1) is 10.2. The number of aromatic nitrogens is 2. The molecule has 0 radical (unpaired) electrons. The number of nitrogens with one attached hydrogen (secondary N) is 1. The van der Waals surface area contributed by atoms with Crippen LogP contribution in [0.1, 0.15) is 5.56 Å². The van der Waals surface area contributed by atoms with E-state index in [-0.39, 0.29) is 11.8 Å². The highest BCUT2D eigenvalue weighted by atomic mass is 35.5. The zero-order valence-corrected chi connectivity index (χ0v) is 12.2. The second kappa shape index (κ2) is 6.18. The molecule has 0 bridgehead atoms. The minimum atomic E-state index is -0.168. The molecule has 21 heavy (non-hydrogen) atoms. The van der Waals surface area contributed by atoms with Crippen molar-refractivity contribution in [3.05, 3.63) is 47.5 Å². The van der Waals surface area contributed by atoms with E-state index in [2.05, 4.69) is 10.3 Å². The number of halogens is 1. The predicted molar refractivity (Wildman–Crippen MR) is 79.4 cm³/mol. The minimum absolute atomic E-state index is 0.0146. The van der Waals surface area contributed by atoms with Crippen LogP contribution in [0, 0.1) is 5.92 Å². The Morgan fingerprint density at radius 1 is 1.52 bits per heavy atom. The maximum absolute atomic E-state index is 12.2. The molecule has 1 aliphatic rings. The van der Waals surface area contributed by atoms with Crippen LogP contribution in [-0.4, -0.2) is 28.6 Å². The van der Waals surface area contributed by atoms with E-state index in [9.17, 15) is 4.79 Å². The van der Waals surface area contributed by atoms with Crippen molar-refractivity contribution < 1.29 is 9.53 Å². The first kappa shape index (κ1) is 13.9. The summed E-state index contributed by atoms with van der Waals surface area (Å²) in [5.41, 5.74) is 0.989. The number of rotatable bonds is 4. The number of amides is 1. The largest absolute Gasteiger partial charge is 0.492 e. The maximum atomic E-state index is 12.2. The molecule has 110 valence electrons. The molecule has 1 aromatic heterocycles. The van der Waals surface area contributed by atoms with Crippen molar-refractivity contribution in [3.8, 4) is 5.75 Å². The highest BCUT2D eigenvalue weighted by Crippen LogP contribution is 2.29. The summed E-state index contributed by atoms with van der Waals surface area (Å²) in [6.07, 6.45) is 5.98. The summed E-state index contributed by atoms with van der Waals surface area (Å²) >= 11 is 5.98. The summed E-state index contributed by atoms with van der Waals surface area (Å²) < 4.78 is 7.55. The highest BCUT2D eigenvalue weighted by molar-refractivity contribution is 6.30. The third-order valence-electron chi connectivity index (χ3n) is 3.53. The molecule has 1 aromatic carbocycles. The lowest BCUT2D eigenvalue weighted by Crippen LogP contribution is -2.38. The van der Waals surface area contributed by atoms with Crippen LogP contribution in [0.5, 0.6) is 5.75 Å². The first-order valence-electron chi connectivity index (χ1n) is 6.87. The summed E-state index contributed by atoms with van der Waals surface area (Å²) in [7, 11) is 0. The van der Waals surface area contributed by atoms with Crippen LogP contribution in [-0.2, 0) is 17.8 Å². The molecule has 0 saturated carbocycles. The van der Waals surface area contributed by atoms with E-state index in [0.29, 0.717) is 31.1 Å². The number of imidazole rings is 1. The number of hydrogen-bond acceptors (Lipinski definition) is 3. The van der Waals surface area contributed by atoms with Gasteiger partial charge in [0.1, 0.15) is 12.4 Å². The van der Waals surface area contributed by atoms with Crippen LogP contribution in [0.2, 0.25) is 5.02 Å². The number of benzene rings is 1. The van der Waals surface area contributed by atoms with Gasteiger partial charge in [0, 0.05) is 30.5 Å². The zero-order chi connectivity index (χ0) is 14.7. The molecule has 0 fully saturated rings. The van der Waals surface area contributed by atoms with Gasteiger partial charge in [0.25, 0.3) is 0 Å². The summed E-state index contributed by atoms with van der Waals surface area (Å²) in [4.78, 5) is 16.1. The Balaban J connectivity index is 1.54. The standard InChI is InChI=1S/C15H16ClN3O2/c16-13-1-2-14-11(8-13)7-12(9-21-14)15(20)18-4-6-19-5-3-17-10-19/h1-3,5,8,10,12H,4,6-7,9H2,(H,18,20)/t12-/m0/s1. The molecule has 5 nitrogen and oxygen atoms in total. The van der Waals surface area contributed by atoms with Gasteiger partial charge in [-0.2, -0.15) is 0 Å². The summed E-state index contributed by atoms with van der Waals surface area (Å²) in [5, 5.41) is 3.60. The molecule has 0 aliphatic carbocycles. The summed E-state index contributed by atoms with van der Waals surface area (Å²) in [6, 6.07) is 5.51. The van der Waals surface area contributed by atoms with Crippen molar-refractivity contribution >= 4 is 17.5 Å². The summed E-state index contributed by atoms with van der Waals surface area (Å²) in [5.74, 6) is 0.668. The quantitative estimate of drug-likeness (QED) is 0.938. The number of hydrogen-bond donors (Lipinski definition) is 1. The highest BCUT2D eigenvalue weighted by Gasteiger charge is 2.25. The third kappa shape index (κ3) is 3.36. The van der Waals surface area contributed by atoms with Gasteiger partial charge in [-0.15, -0.1) is 0 Å². The molecule has 0 saturated heterocycles. The molecule has 0 spiro atoms. The Bertz CT molecular complexity index is 628. The van der Waals surface area contributed by atoms with Gasteiger partial charge in [0.2, 0.25) is 5.91 Å². The molecule has 2 aromatic rings. The first-order valence-corrected chi connectivity index (χ1v) is 7.25. The van der Waals surface area contributed by atoms with Gasteiger partial charge in [-0.3, -0.25) is 4.79 Å². The molecule has 6 heteroatoms. The molecule has 1 aliphatic heterocycles. The number of nitrogens with zero attached hydrogens (tertiary/aromatic N) is 2. The number of fused-ring (bicyclic) bond motifs is 1. The molecule has 1 N–H and O–H groups in total. The van der Waals surface area contributed by atoms with Crippen molar-refractivity contribution in [2.45, 2.75) is 13.0 Å². The van der Waals surface area contributed by atoms with E-state index in [1.807, 2.05) is 22.9 Å². The van der Waals surface area contributed by atoms with E-state index >= 15 is 0 Å². The molecule has 1 atom stereocenters. The van der Waals surface area contributed by atoms with Gasteiger partial charge in [-0.05, 0) is 30.2 Å². The molecular formula is C15H16ClN3O2. The Morgan fingerprint density at radius 3 is 3.24 bits per heavy atom. The fourth-order valence-corrected chi connectivity index (χ4v) is 2.60. The molecule has 3 rings (SSSR count). The lowest BCUT2D eigenvalue weighted by Gasteiger charge is -2.24. The zero-order valence-electron chi connectivity index (χ0n) is 11.5. The predicted octanol–water partition coefficient (Wildman–Crippen LogP) is 1.90. The van der Waals surface area contributed by atoms with Gasteiger partial charge in [0.15, 0.2) is 0 Å². The van der Waals surface area contributed by atoms with Crippen LogP contribution in [0.15, 0.2) is 36.9 Å². The summed E-state index contributed by atoms with van der Waals surface area (Å²) in [6.45, 7) is 1.70.